The van der Waals surface area contributed by atoms with Crippen molar-refractivity contribution in [3.63, 3.8) is 0 Å². The molecule has 0 aliphatic heterocycles. The minimum atomic E-state index is -0.288. The normalized spacial score (nSPS) is 10.8. The van der Waals surface area contributed by atoms with Crippen molar-refractivity contribution >= 4 is 22.9 Å². The number of hydrogen-bond acceptors (Lipinski definition) is 4. The van der Waals surface area contributed by atoms with Gasteiger partial charge in [-0.2, -0.15) is 0 Å². The van der Waals surface area contributed by atoms with Crippen LogP contribution in [-0.2, 0) is 6.42 Å². The van der Waals surface area contributed by atoms with Gasteiger partial charge in [0, 0.05) is 22.9 Å². The Morgan fingerprint density at radius 3 is 2.56 bits per heavy atom. The van der Waals surface area contributed by atoms with E-state index in [1.807, 2.05) is 6.07 Å². The second-order valence-corrected chi connectivity index (χ2v) is 6.05. The molecule has 0 aliphatic carbocycles. The first-order valence-corrected chi connectivity index (χ1v) is 7.81. The third-order valence-corrected chi connectivity index (χ3v) is 4.29. The Morgan fingerprint density at radius 2 is 1.96 bits per heavy atom. The van der Waals surface area contributed by atoms with Gasteiger partial charge in [-0.05, 0) is 55.2 Å². The summed E-state index contributed by atoms with van der Waals surface area (Å²) in [4.78, 5) is 15.6. The number of carbonyl (C=O) groups excluding carboxylic acids is 1. The highest BCUT2D eigenvalue weighted by atomic mass is 19.1. The van der Waals surface area contributed by atoms with E-state index in [4.69, 9.17) is 5.41 Å². The van der Waals surface area contributed by atoms with Crippen LogP contribution < -0.4 is 0 Å². The van der Waals surface area contributed by atoms with E-state index in [1.54, 1.807) is 32.2 Å². The van der Waals surface area contributed by atoms with Crippen LogP contribution in [0.1, 0.15) is 39.5 Å². The molecule has 3 aromatic rings. The number of pyridine rings is 1. The average molecular weight is 336 g/mol. The molecular formula is C20H17FN2O2. The minimum Gasteiger partial charge on any atom is -0.505 e. The van der Waals surface area contributed by atoms with Crippen molar-refractivity contribution in [2.24, 2.45) is 0 Å². The Balaban J connectivity index is 2.19. The van der Waals surface area contributed by atoms with Crippen LogP contribution in [0.5, 0.6) is 5.75 Å². The zero-order chi connectivity index (χ0) is 18.1. The van der Waals surface area contributed by atoms with E-state index in [2.05, 4.69) is 4.98 Å². The molecule has 0 saturated carbocycles. The maximum absolute atomic E-state index is 13.0. The lowest BCUT2D eigenvalue weighted by Gasteiger charge is -2.14. The van der Waals surface area contributed by atoms with Gasteiger partial charge < -0.3 is 10.5 Å². The van der Waals surface area contributed by atoms with Gasteiger partial charge in [-0.25, -0.2) is 4.39 Å². The van der Waals surface area contributed by atoms with Crippen molar-refractivity contribution in [3.05, 3.63) is 70.2 Å². The van der Waals surface area contributed by atoms with Gasteiger partial charge in [0.15, 0.2) is 12.0 Å². The molecule has 0 fully saturated rings. The summed E-state index contributed by atoms with van der Waals surface area (Å²) in [5, 5.41) is 19.0. The summed E-state index contributed by atoms with van der Waals surface area (Å²) in [5.74, 6) is -0.454. The third-order valence-electron chi connectivity index (χ3n) is 4.29. The molecule has 0 radical (unpaired) electrons. The number of rotatable bonds is 4. The topological polar surface area (TPSA) is 74.0 Å². The Morgan fingerprint density at radius 1 is 1.28 bits per heavy atom. The highest BCUT2D eigenvalue weighted by molar-refractivity contribution is 6.12. The van der Waals surface area contributed by atoms with E-state index in [0.717, 1.165) is 11.1 Å². The molecule has 126 valence electrons. The minimum absolute atomic E-state index is 0.160. The first-order valence-electron chi connectivity index (χ1n) is 7.81. The molecule has 5 heteroatoms. The maximum Gasteiger partial charge on any atom is 0.154 e. The van der Waals surface area contributed by atoms with Gasteiger partial charge in [-0.15, -0.1) is 0 Å². The smallest absolute Gasteiger partial charge is 0.154 e. The van der Waals surface area contributed by atoms with Crippen LogP contribution in [0.25, 0.3) is 10.9 Å². The van der Waals surface area contributed by atoms with E-state index < -0.39 is 0 Å². The van der Waals surface area contributed by atoms with Gasteiger partial charge in [-0.1, -0.05) is 12.1 Å². The number of fused-ring (bicyclic) bond motifs is 1. The number of hydrogen-bond donors (Lipinski definition) is 2. The number of nitrogens with one attached hydrogen (secondary N) is 1. The fourth-order valence-corrected chi connectivity index (χ4v) is 3.09. The highest BCUT2D eigenvalue weighted by Crippen LogP contribution is 2.34. The molecular weight excluding hydrogens is 319 g/mol. The predicted octanol–water partition coefficient (Wildman–Crippen LogP) is 4.18. The van der Waals surface area contributed by atoms with Gasteiger partial charge >= 0.3 is 0 Å². The number of benzene rings is 2. The molecule has 0 spiro atoms. The largest absolute Gasteiger partial charge is 0.505 e. The molecule has 0 saturated heterocycles. The molecule has 0 atom stereocenters. The molecule has 4 nitrogen and oxygen atoms in total. The first-order chi connectivity index (χ1) is 11.9. The Bertz CT molecular complexity index is 995. The van der Waals surface area contributed by atoms with Gasteiger partial charge in [0.2, 0.25) is 0 Å². The lowest BCUT2D eigenvalue weighted by molar-refractivity contribution is 0.112. The molecule has 1 heterocycles. The first kappa shape index (κ1) is 16.8. The van der Waals surface area contributed by atoms with Crippen LogP contribution in [0.4, 0.5) is 4.39 Å². The fourth-order valence-electron chi connectivity index (χ4n) is 3.09. The molecule has 2 aromatic carbocycles. The van der Waals surface area contributed by atoms with Crippen LogP contribution in [0.3, 0.4) is 0 Å². The SMILES string of the molecule is CC(=N)c1c(C)c(C=O)c(O)c2ncc(Cc3ccc(F)cc3)cc12. The number of phenolic OH excluding ortho intramolecular Hbond substituents is 1. The Kier molecular flexibility index (Phi) is 4.31. The van der Waals surface area contributed by atoms with Gasteiger partial charge in [0.25, 0.3) is 0 Å². The summed E-state index contributed by atoms with van der Waals surface area (Å²) >= 11 is 0. The average Bonchev–Trinajstić information content (AvgIpc) is 2.57. The van der Waals surface area contributed by atoms with E-state index in [1.165, 1.54) is 12.1 Å². The number of phenols is 1. The number of aromatic nitrogens is 1. The molecule has 0 bridgehead atoms. The van der Waals surface area contributed by atoms with Crippen molar-refractivity contribution in [2.75, 3.05) is 0 Å². The Hall–Kier alpha value is -3.08. The number of halogens is 1. The summed E-state index contributed by atoms with van der Waals surface area (Å²) in [6, 6.07) is 8.09. The molecule has 0 amide bonds. The van der Waals surface area contributed by atoms with Gasteiger partial charge in [0.1, 0.15) is 11.3 Å². The van der Waals surface area contributed by atoms with Crippen molar-refractivity contribution in [3.8, 4) is 5.75 Å². The molecule has 2 N–H and O–H groups in total. The molecule has 1 aromatic heterocycles. The summed E-state index contributed by atoms with van der Waals surface area (Å²) in [6.45, 7) is 3.35. The van der Waals surface area contributed by atoms with Crippen LogP contribution in [0.2, 0.25) is 0 Å². The van der Waals surface area contributed by atoms with E-state index in [0.29, 0.717) is 40.4 Å². The number of carbonyl (C=O) groups is 1. The van der Waals surface area contributed by atoms with Crippen LogP contribution in [-0.4, -0.2) is 22.1 Å². The number of aromatic hydroxyl groups is 1. The standard InChI is InChI=1S/C20H17FN2O2/c1-11-17(10-24)20(25)19-16(18(11)12(2)22)8-14(9-23-19)7-13-3-5-15(21)6-4-13/h3-6,8-10,22,25H,7H2,1-2H3. The molecule has 0 aliphatic rings. The lowest BCUT2D eigenvalue weighted by atomic mass is 9.92. The number of nitrogens with zero attached hydrogens (tertiary/aromatic N) is 1. The van der Waals surface area contributed by atoms with Crippen LogP contribution >= 0.6 is 0 Å². The summed E-state index contributed by atoms with van der Waals surface area (Å²) in [5.41, 5.74) is 3.73. The zero-order valence-corrected chi connectivity index (χ0v) is 13.9. The molecule has 25 heavy (non-hydrogen) atoms. The van der Waals surface area contributed by atoms with Crippen LogP contribution in [0.15, 0.2) is 36.5 Å². The maximum atomic E-state index is 13.0. The summed E-state index contributed by atoms with van der Waals surface area (Å²) in [7, 11) is 0. The van der Waals surface area contributed by atoms with Crippen molar-refractivity contribution in [1.82, 2.24) is 4.98 Å². The lowest BCUT2D eigenvalue weighted by Crippen LogP contribution is -2.04. The highest BCUT2D eigenvalue weighted by Gasteiger charge is 2.18. The Labute approximate surface area is 144 Å². The molecule has 0 unspecified atom stereocenters. The quantitative estimate of drug-likeness (QED) is 0.554. The summed E-state index contributed by atoms with van der Waals surface area (Å²) in [6.07, 6.45) is 2.76. The van der Waals surface area contributed by atoms with Crippen molar-refractivity contribution in [2.45, 2.75) is 20.3 Å². The van der Waals surface area contributed by atoms with E-state index >= 15 is 0 Å². The van der Waals surface area contributed by atoms with E-state index in [-0.39, 0.29) is 17.1 Å². The van der Waals surface area contributed by atoms with Crippen molar-refractivity contribution < 1.29 is 14.3 Å². The van der Waals surface area contributed by atoms with Crippen molar-refractivity contribution in [1.29, 1.82) is 5.41 Å². The zero-order valence-electron chi connectivity index (χ0n) is 13.9. The molecule has 3 rings (SSSR count). The van der Waals surface area contributed by atoms with Gasteiger partial charge in [0.05, 0.1) is 5.56 Å². The second kappa shape index (κ2) is 6.43. The van der Waals surface area contributed by atoms with Gasteiger partial charge in [-0.3, -0.25) is 9.78 Å². The predicted molar refractivity (Wildman–Crippen MR) is 95.2 cm³/mol. The van der Waals surface area contributed by atoms with E-state index in [9.17, 15) is 14.3 Å². The summed E-state index contributed by atoms with van der Waals surface area (Å²) < 4.78 is 13.0. The third kappa shape index (κ3) is 3.01. The fraction of sp³-hybridized carbons (Fsp3) is 0.150. The monoisotopic (exact) mass is 336 g/mol. The number of aldehydes is 1. The second-order valence-electron chi connectivity index (χ2n) is 6.05. The van der Waals surface area contributed by atoms with Crippen LogP contribution in [0, 0.1) is 18.2 Å².